The quantitative estimate of drug-likeness (QED) is 0.130. The van der Waals surface area contributed by atoms with E-state index in [0.29, 0.717) is 90.7 Å². The first-order valence-corrected chi connectivity index (χ1v) is 13.9. The zero-order valence-corrected chi connectivity index (χ0v) is 24.3. The summed E-state index contributed by atoms with van der Waals surface area (Å²) in [5.74, 6) is 6.33. The van der Waals surface area contributed by atoms with Crippen molar-refractivity contribution in [3.63, 3.8) is 0 Å². The number of carbonyl (C=O) groups is 2. The highest BCUT2D eigenvalue weighted by Crippen LogP contribution is 2.38. The molecule has 1 aromatic heterocycles. The average molecular weight is 589 g/mol. The molecule has 3 aromatic rings. The largest absolute Gasteiger partial charge is 0.493 e. The number of benzene rings is 2. The summed E-state index contributed by atoms with van der Waals surface area (Å²) >= 11 is 0. The number of ether oxygens (including phenoxy) is 3. The molecule has 0 spiro atoms. The van der Waals surface area contributed by atoms with Crippen molar-refractivity contribution in [2.45, 2.75) is 13.3 Å². The van der Waals surface area contributed by atoms with Crippen LogP contribution in [0.1, 0.15) is 29.3 Å². The summed E-state index contributed by atoms with van der Waals surface area (Å²) in [4.78, 5) is 34.3. The summed E-state index contributed by atoms with van der Waals surface area (Å²) in [5.41, 5.74) is 8.10. The SMILES string of the molecule is CCOC(=O)c1cnc2cc(OCCCN(N)/C=C\N)c(OC)cc2c1N1CCN(C(=O)Nc2ccc(C#N)cc2)CC1. The molecule has 0 aliphatic carbocycles. The summed E-state index contributed by atoms with van der Waals surface area (Å²) < 4.78 is 17.0. The number of rotatable bonds is 11. The molecule has 1 aliphatic rings. The maximum absolute atomic E-state index is 13.0. The Morgan fingerprint density at radius 1 is 1.16 bits per heavy atom. The van der Waals surface area contributed by atoms with Crippen molar-refractivity contribution in [3.05, 3.63) is 66.1 Å². The van der Waals surface area contributed by atoms with E-state index in [4.69, 9.17) is 31.0 Å². The third kappa shape index (κ3) is 7.55. The van der Waals surface area contributed by atoms with Crippen LogP contribution in [0.2, 0.25) is 0 Å². The molecule has 1 aliphatic heterocycles. The van der Waals surface area contributed by atoms with Crippen molar-refractivity contribution < 1.29 is 23.8 Å². The number of piperazine rings is 1. The lowest BCUT2D eigenvalue weighted by atomic mass is 10.1. The Balaban J connectivity index is 1.55. The van der Waals surface area contributed by atoms with Crippen molar-refractivity contribution >= 4 is 34.3 Å². The number of methoxy groups -OCH3 is 1. The second-order valence-electron chi connectivity index (χ2n) is 9.64. The lowest BCUT2D eigenvalue weighted by molar-refractivity contribution is 0.0526. The number of esters is 1. The second-order valence-corrected chi connectivity index (χ2v) is 9.64. The number of nitriles is 1. The zero-order chi connectivity index (χ0) is 30.8. The van der Waals surface area contributed by atoms with Gasteiger partial charge in [-0.1, -0.05) is 0 Å². The van der Waals surface area contributed by atoms with Gasteiger partial charge in [0.15, 0.2) is 11.5 Å². The highest BCUT2D eigenvalue weighted by molar-refractivity contribution is 6.06. The van der Waals surface area contributed by atoms with E-state index in [0.717, 1.165) is 0 Å². The first-order valence-electron chi connectivity index (χ1n) is 13.9. The molecule has 2 heterocycles. The number of hydrogen-bond donors (Lipinski definition) is 3. The van der Waals surface area contributed by atoms with E-state index in [2.05, 4.69) is 21.3 Å². The van der Waals surface area contributed by atoms with Crippen LogP contribution in [0.4, 0.5) is 16.2 Å². The van der Waals surface area contributed by atoms with Crippen LogP contribution in [-0.4, -0.2) is 79.9 Å². The Morgan fingerprint density at radius 3 is 2.56 bits per heavy atom. The minimum Gasteiger partial charge on any atom is -0.493 e. The van der Waals surface area contributed by atoms with E-state index < -0.39 is 5.97 Å². The smallest absolute Gasteiger partial charge is 0.341 e. The molecule has 1 fully saturated rings. The molecule has 2 aromatic carbocycles. The van der Waals surface area contributed by atoms with Crippen molar-refractivity contribution in [1.82, 2.24) is 14.9 Å². The lowest BCUT2D eigenvalue weighted by Gasteiger charge is -2.37. The Kier molecular flexibility index (Phi) is 10.4. The highest BCUT2D eigenvalue weighted by Gasteiger charge is 2.27. The van der Waals surface area contributed by atoms with E-state index in [9.17, 15) is 9.59 Å². The van der Waals surface area contributed by atoms with Gasteiger partial charge < -0.3 is 40.1 Å². The third-order valence-corrected chi connectivity index (χ3v) is 6.86. The number of nitrogens with two attached hydrogens (primary N) is 2. The van der Waals surface area contributed by atoms with E-state index in [1.54, 1.807) is 55.5 Å². The molecule has 43 heavy (non-hydrogen) atoms. The van der Waals surface area contributed by atoms with Crippen LogP contribution in [0.25, 0.3) is 10.9 Å². The number of aromatic nitrogens is 1. The van der Waals surface area contributed by atoms with Gasteiger partial charge in [-0.3, -0.25) is 4.98 Å². The molecule has 1 saturated heterocycles. The number of anilines is 2. The molecule has 0 bridgehead atoms. The monoisotopic (exact) mass is 588 g/mol. The van der Waals surface area contributed by atoms with Crippen LogP contribution in [0, 0.1) is 11.3 Å². The standard InChI is InChI=1S/C30H36N8O5/c1-3-42-29(39)24-20-34-25-18-27(43-16-4-10-38(33)11-9-31)26(41-2)17-23(25)28(24)36-12-14-37(15-13-36)30(40)35-22-7-5-21(19-32)6-8-22/h5-9,11,17-18,20H,3-4,10,12-16,31,33H2,1-2H3,(H,35,40)/b11-9-. The normalized spacial score (nSPS) is 13.1. The van der Waals surface area contributed by atoms with Gasteiger partial charge in [-0.2, -0.15) is 5.26 Å². The van der Waals surface area contributed by atoms with Crippen molar-refractivity contribution in [1.29, 1.82) is 5.26 Å². The van der Waals surface area contributed by atoms with Crippen LogP contribution in [-0.2, 0) is 4.74 Å². The topological polar surface area (TPSA) is 172 Å². The molecule has 226 valence electrons. The number of carbonyl (C=O) groups excluding carboxylic acids is 2. The van der Waals surface area contributed by atoms with Gasteiger partial charge in [0.2, 0.25) is 0 Å². The predicted octanol–water partition coefficient (Wildman–Crippen LogP) is 3.02. The lowest BCUT2D eigenvalue weighted by Crippen LogP contribution is -2.50. The molecule has 0 atom stereocenters. The summed E-state index contributed by atoms with van der Waals surface area (Å²) in [6, 6.07) is 12.1. The van der Waals surface area contributed by atoms with Gasteiger partial charge in [-0.05, 0) is 37.3 Å². The van der Waals surface area contributed by atoms with Gasteiger partial charge in [0.25, 0.3) is 0 Å². The molecular weight excluding hydrogens is 552 g/mol. The predicted molar refractivity (Wildman–Crippen MR) is 163 cm³/mol. The fraction of sp³-hybridized carbons (Fsp3) is 0.333. The molecule has 2 amide bonds. The molecule has 4 rings (SSSR count). The Labute approximate surface area is 250 Å². The minimum absolute atomic E-state index is 0.219. The molecule has 0 radical (unpaired) electrons. The van der Waals surface area contributed by atoms with Gasteiger partial charge in [-0.25, -0.2) is 15.4 Å². The molecular formula is C30H36N8O5. The first kappa shape index (κ1) is 30.7. The Morgan fingerprint density at radius 2 is 1.91 bits per heavy atom. The third-order valence-electron chi connectivity index (χ3n) is 6.86. The van der Waals surface area contributed by atoms with Crippen molar-refractivity contribution in [2.24, 2.45) is 11.6 Å². The number of pyridine rings is 1. The van der Waals surface area contributed by atoms with Crippen LogP contribution in [0.3, 0.4) is 0 Å². The van der Waals surface area contributed by atoms with Crippen molar-refractivity contribution in [2.75, 3.05) is 63.3 Å². The zero-order valence-electron chi connectivity index (χ0n) is 24.3. The van der Waals surface area contributed by atoms with E-state index >= 15 is 0 Å². The molecule has 5 N–H and O–H groups in total. The maximum Gasteiger partial charge on any atom is 0.341 e. The highest BCUT2D eigenvalue weighted by atomic mass is 16.5. The van der Waals surface area contributed by atoms with Gasteiger partial charge in [0, 0.05) is 74.9 Å². The van der Waals surface area contributed by atoms with Crippen molar-refractivity contribution in [3.8, 4) is 17.6 Å². The molecule has 0 unspecified atom stereocenters. The Bertz CT molecular complexity index is 1500. The van der Waals surface area contributed by atoms with E-state index in [1.165, 1.54) is 17.4 Å². The number of fused-ring (bicyclic) bond motifs is 1. The summed E-state index contributed by atoms with van der Waals surface area (Å²) in [6.07, 6.45) is 5.10. The number of nitrogens with zero attached hydrogens (tertiary/aromatic N) is 5. The van der Waals surface area contributed by atoms with E-state index in [1.807, 2.05) is 6.07 Å². The first-order chi connectivity index (χ1) is 20.9. The molecule has 0 saturated carbocycles. The molecule has 13 nitrogen and oxygen atoms in total. The summed E-state index contributed by atoms with van der Waals surface area (Å²) in [6.45, 7) is 4.69. The van der Waals surface area contributed by atoms with Crippen LogP contribution < -0.4 is 31.3 Å². The second kappa shape index (κ2) is 14.6. The maximum atomic E-state index is 13.0. The van der Waals surface area contributed by atoms with Gasteiger partial charge in [-0.15, -0.1) is 0 Å². The van der Waals surface area contributed by atoms with Gasteiger partial charge in [0.1, 0.15) is 5.56 Å². The van der Waals surface area contributed by atoms with E-state index in [-0.39, 0.29) is 12.6 Å². The Hall–Kier alpha value is -5.22. The van der Waals surface area contributed by atoms with Crippen LogP contribution in [0.15, 0.2) is 55.0 Å². The average Bonchev–Trinajstić information content (AvgIpc) is 3.02. The van der Waals surface area contributed by atoms with Gasteiger partial charge >= 0.3 is 12.0 Å². The van der Waals surface area contributed by atoms with Crippen LogP contribution in [0.5, 0.6) is 11.5 Å². The fourth-order valence-electron chi connectivity index (χ4n) is 4.74. The number of hydrazine groups is 1. The van der Waals surface area contributed by atoms with Crippen LogP contribution >= 0.6 is 0 Å². The fourth-order valence-corrected chi connectivity index (χ4v) is 4.74. The van der Waals surface area contributed by atoms with Gasteiger partial charge in [0.05, 0.1) is 43.2 Å². The minimum atomic E-state index is -0.481. The molecule has 13 heteroatoms. The summed E-state index contributed by atoms with van der Waals surface area (Å²) in [7, 11) is 1.55. The number of nitrogens with one attached hydrogen (secondary N) is 1. The number of hydrogen-bond acceptors (Lipinski definition) is 11. The summed E-state index contributed by atoms with van der Waals surface area (Å²) in [5, 5.41) is 14.0. The number of amides is 2. The number of urea groups is 1.